The fourth-order valence-electron chi connectivity index (χ4n) is 2.94. The molecule has 0 bridgehead atoms. The number of hydrogen-bond donors (Lipinski definition) is 1. The second-order valence-corrected chi connectivity index (χ2v) is 5.32. The average Bonchev–Trinajstić information content (AvgIpc) is 2.80. The molecule has 1 heterocycles. The van der Waals surface area contributed by atoms with Crippen molar-refractivity contribution in [1.82, 2.24) is 0 Å². The van der Waals surface area contributed by atoms with Crippen LogP contribution in [0.2, 0.25) is 0 Å². The van der Waals surface area contributed by atoms with Crippen LogP contribution in [-0.2, 0) is 11.2 Å². The Morgan fingerprint density at radius 3 is 2.83 bits per heavy atom. The quantitative estimate of drug-likeness (QED) is 0.885. The number of rotatable bonds is 3. The smallest absolute Gasteiger partial charge is 0.188 e. The van der Waals surface area contributed by atoms with Crippen LogP contribution in [0.5, 0.6) is 0 Å². The zero-order valence-electron chi connectivity index (χ0n) is 10.6. The minimum Gasteiger partial charge on any atom is -0.475 e. The van der Waals surface area contributed by atoms with Crippen molar-refractivity contribution in [1.29, 1.82) is 0 Å². The molecule has 3 nitrogen and oxygen atoms in total. The number of fused-ring (bicyclic) bond motifs is 1. The molecule has 0 spiro atoms. The van der Waals surface area contributed by atoms with Crippen LogP contribution in [0.15, 0.2) is 35.3 Å². The van der Waals surface area contributed by atoms with Gasteiger partial charge in [-0.15, -0.1) is 0 Å². The normalized spacial score (nSPS) is 30.5. The maximum atomic E-state index is 5.97. The van der Waals surface area contributed by atoms with Crippen LogP contribution in [0.4, 0.5) is 0 Å². The lowest BCUT2D eigenvalue weighted by molar-refractivity contribution is 0.127. The minimum absolute atomic E-state index is 0.312. The molecule has 0 saturated heterocycles. The topological polar surface area (TPSA) is 47.6 Å². The van der Waals surface area contributed by atoms with Gasteiger partial charge < -0.3 is 10.5 Å². The SMILES string of the molecule is NCC1CCC2OC(Cc3ccccc3)=NC2C1. The van der Waals surface area contributed by atoms with Crippen molar-refractivity contribution in [3.8, 4) is 0 Å². The predicted octanol–water partition coefficient (Wildman–Crippen LogP) is 2.15. The lowest BCUT2D eigenvalue weighted by Gasteiger charge is -2.28. The van der Waals surface area contributed by atoms with Crippen molar-refractivity contribution < 1.29 is 4.74 Å². The Labute approximate surface area is 108 Å². The molecule has 3 heteroatoms. The van der Waals surface area contributed by atoms with Gasteiger partial charge in [0.05, 0.1) is 6.04 Å². The molecule has 0 radical (unpaired) electrons. The van der Waals surface area contributed by atoms with Crippen LogP contribution in [0.1, 0.15) is 24.8 Å². The average molecular weight is 244 g/mol. The third-order valence-corrected chi connectivity index (χ3v) is 3.99. The first-order valence-corrected chi connectivity index (χ1v) is 6.82. The van der Waals surface area contributed by atoms with Gasteiger partial charge in [-0.3, -0.25) is 0 Å². The number of hydrogen-bond acceptors (Lipinski definition) is 3. The van der Waals surface area contributed by atoms with Crippen molar-refractivity contribution in [3.05, 3.63) is 35.9 Å². The molecule has 3 atom stereocenters. The summed E-state index contributed by atoms with van der Waals surface area (Å²) in [4.78, 5) is 4.74. The van der Waals surface area contributed by atoms with E-state index in [1.165, 1.54) is 12.0 Å². The molecule has 3 rings (SSSR count). The number of aliphatic imine (C=N–C) groups is 1. The number of benzene rings is 1. The summed E-state index contributed by atoms with van der Waals surface area (Å²) >= 11 is 0. The van der Waals surface area contributed by atoms with E-state index >= 15 is 0 Å². The molecular weight excluding hydrogens is 224 g/mol. The van der Waals surface area contributed by atoms with Crippen LogP contribution < -0.4 is 5.73 Å². The minimum atomic E-state index is 0.312. The number of ether oxygens (including phenoxy) is 1. The molecule has 18 heavy (non-hydrogen) atoms. The summed E-state index contributed by atoms with van der Waals surface area (Å²) in [6.45, 7) is 0.784. The first-order valence-electron chi connectivity index (χ1n) is 6.82. The van der Waals surface area contributed by atoms with Gasteiger partial charge in [0.2, 0.25) is 0 Å². The van der Waals surface area contributed by atoms with E-state index in [1.807, 2.05) is 6.07 Å². The Bertz CT molecular complexity index is 429. The fourth-order valence-corrected chi connectivity index (χ4v) is 2.94. The second kappa shape index (κ2) is 5.11. The summed E-state index contributed by atoms with van der Waals surface area (Å²) in [7, 11) is 0. The zero-order valence-corrected chi connectivity index (χ0v) is 10.6. The van der Waals surface area contributed by atoms with Gasteiger partial charge >= 0.3 is 0 Å². The maximum Gasteiger partial charge on any atom is 0.188 e. The molecular formula is C15H20N2O. The van der Waals surface area contributed by atoms with Crippen LogP contribution in [0, 0.1) is 5.92 Å². The van der Waals surface area contributed by atoms with Gasteiger partial charge in [-0.05, 0) is 37.3 Å². The monoisotopic (exact) mass is 244 g/mol. The van der Waals surface area contributed by atoms with Crippen molar-refractivity contribution in [2.45, 2.75) is 37.8 Å². The Kier molecular flexibility index (Phi) is 3.33. The van der Waals surface area contributed by atoms with Crippen LogP contribution in [0.3, 0.4) is 0 Å². The van der Waals surface area contributed by atoms with Gasteiger partial charge in [-0.2, -0.15) is 0 Å². The molecule has 96 valence electrons. The lowest BCUT2D eigenvalue weighted by atomic mass is 9.84. The third-order valence-electron chi connectivity index (χ3n) is 3.99. The van der Waals surface area contributed by atoms with E-state index in [1.54, 1.807) is 0 Å². The predicted molar refractivity (Wildman–Crippen MR) is 72.6 cm³/mol. The van der Waals surface area contributed by atoms with Gasteiger partial charge in [0.25, 0.3) is 0 Å². The van der Waals surface area contributed by atoms with E-state index in [0.29, 0.717) is 18.1 Å². The molecule has 2 N–H and O–H groups in total. The van der Waals surface area contributed by atoms with Crippen molar-refractivity contribution in [2.24, 2.45) is 16.6 Å². The van der Waals surface area contributed by atoms with Crippen molar-refractivity contribution in [2.75, 3.05) is 6.54 Å². The van der Waals surface area contributed by atoms with Crippen molar-refractivity contribution >= 4 is 5.90 Å². The molecule has 0 aromatic heterocycles. The Hall–Kier alpha value is -1.35. The molecule has 1 saturated carbocycles. The highest BCUT2D eigenvalue weighted by atomic mass is 16.5. The van der Waals surface area contributed by atoms with Crippen LogP contribution >= 0.6 is 0 Å². The third kappa shape index (κ3) is 2.41. The number of nitrogens with two attached hydrogens (primary N) is 1. The molecule has 1 aliphatic carbocycles. The largest absolute Gasteiger partial charge is 0.475 e. The molecule has 0 amide bonds. The molecule has 1 aromatic rings. The van der Waals surface area contributed by atoms with Gasteiger partial charge in [0.15, 0.2) is 5.90 Å². The van der Waals surface area contributed by atoms with E-state index in [2.05, 4.69) is 24.3 Å². The maximum absolute atomic E-state index is 5.97. The van der Waals surface area contributed by atoms with Gasteiger partial charge in [0, 0.05) is 6.42 Å². The highest BCUT2D eigenvalue weighted by Gasteiger charge is 2.36. The standard InChI is InChI=1S/C15H20N2O/c16-10-12-6-7-14-13(8-12)17-15(18-14)9-11-4-2-1-3-5-11/h1-5,12-14H,6-10,16H2. The summed E-state index contributed by atoms with van der Waals surface area (Å²) in [6, 6.07) is 10.7. The summed E-state index contributed by atoms with van der Waals surface area (Å²) in [6.07, 6.45) is 4.52. The van der Waals surface area contributed by atoms with Gasteiger partial charge in [-0.25, -0.2) is 4.99 Å². The highest BCUT2D eigenvalue weighted by Crippen LogP contribution is 2.32. The van der Waals surface area contributed by atoms with Gasteiger partial charge in [0.1, 0.15) is 6.10 Å². The summed E-state index contributed by atoms with van der Waals surface area (Å²) in [5.41, 5.74) is 7.02. The Balaban J connectivity index is 1.65. The van der Waals surface area contributed by atoms with Crippen LogP contribution in [-0.4, -0.2) is 24.6 Å². The first-order chi connectivity index (χ1) is 8.85. The molecule has 1 aromatic carbocycles. The van der Waals surface area contributed by atoms with Crippen LogP contribution in [0.25, 0.3) is 0 Å². The summed E-state index contributed by atoms with van der Waals surface area (Å²) in [5.74, 6) is 1.54. The Morgan fingerprint density at radius 2 is 2.06 bits per heavy atom. The van der Waals surface area contributed by atoms with E-state index < -0.39 is 0 Å². The van der Waals surface area contributed by atoms with E-state index in [0.717, 1.165) is 31.7 Å². The van der Waals surface area contributed by atoms with E-state index in [9.17, 15) is 0 Å². The second-order valence-electron chi connectivity index (χ2n) is 5.32. The molecule has 3 unspecified atom stereocenters. The Morgan fingerprint density at radius 1 is 1.22 bits per heavy atom. The zero-order chi connectivity index (χ0) is 12.4. The molecule has 1 fully saturated rings. The summed E-state index contributed by atoms with van der Waals surface area (Å²) < 4.78 is 5.97. The lowest BCUT2D eigenvalue weighted by Crippen LogP contribution is -2.33. The first kappa shape index (κ1) is 11.7. The number of nitrogens with zero attached hydrogens (tertiary/aromatic N) is 1. The molecule has 1 aliphatic heterocycles. The highest BCUT2D eigenvalue weighted by molar-refractivity contribution is 5.80. The van der Waals surface area contributed by atoms with E-state index in [4.69, 9.17) is 15.5 Å². The molecule has 2 aliphatic rings. The van der Waals surface area contributed by atoms with Crippen molar-refractivity contribution in [3.63, 3.8) is 0 Å². The summed E-state index contributed by atoms with van der Waals surface area (Å²) in [5, 5.41) is 0. The fraction of sp³-hybridized carbons (Fsp3) is 0.533. The van der Waals surface area contributed by atoms with E-state index in [-0.39, 0.29) is 0 Å². The van der Waals surface area contributed by atoms with Gasteiger partial charge in [-0.1, -0.05) is 30.3 Å².